The van der Waals surface area contributed by atoms with Crippen molar-refractivity contribution in [3.8, 4) is 0 Å². The maximum Gasteiger partial charge on any atom is 0.0495 e. The van der Waals surface area contributed by atoms with E-state index in [0.717, 1.165) is 32.5 Å². The summed E-state index contributed by atoms with van der Waals surface area (Å²) >= 11 is 0. The Labute approximate surface area is 79.1 Å². The smallest absolute Gasteiger partial charge is 0.0495 e. The third-order valence-corrected chi connectivity index (χ3v) is 2.49. The van der Waals surface area contributed by atoms with Gasteiger partial charge in [0.15, 0.2) is 0 Å². The average molecular weight is 185 g/mol. The highest BCUT2D eigenvalue weighted by Gasteiger charge is 2.19. The third kappa shape index (κ3) is 2.87. The van der Waals surface area contributed by atoms with Crippen LogP contribution in [0.5, 0.6) is 0 Å². The van der Waals surface area contributed by atoms with E-state index in [4.69, 9.17) is 17.3 Å². The van der Waals surface area contributed by atoms with Crippen LogP contribution in [0.15, 0.2) is 12.4 Å². The second kappa shape index (κ2) is 5.06. The van der Waals surface area contributed by atoms with Gasteiger partial charge in [0.2, 0.25) is 0 Å². The van der Waals surface area contributed by atoms with Crippen molar-refractivity contribution in [3.63, 3.8) is 0 Å². The Balaban J connectivity index is 2.31. The molecule has 0 saturated carbocycles. The lowest BCUT2D eigenvalue weighted by Crippen LogP contribution is -2.48. The van der Waals surface area contributed by atoms with E-state index in [1.807, 2.05) is 0 Å². The Morgan fingerprint density at radius 3 is 2.46 bits per heavy atom. The van der Waals surface area contributed by atoms with Crippen molar-refractivity contribution in [1.29, 1.82) is 0 Å². The van der Waals surface area contributed by atoms with Crippen LogP contribution < -0.4 is 17.3 Å². The average Bonchev–Trinajstić information content (AvgIpc) is 2.18. The van der Waals surface area contributed by atoms with Crippen molar-refractivity contribution in [2.75, 3.05) is 19.6 Å². The molecule has 1 rings (SSSR count). The summed E-state index contributed by atoms with van der Waals surface area (Å²) in [7, 11) is 0. The maximum absolute atomic E-state index is 5.71. The van der Waals surface area contributed by atoms with Gasteiger partial charge in [-0.3, -0.25) is 0 Å². The first-order chi connectivity index (χ1) is 6.27. The SMILES string of the molecule is N/C=C\N(N)N1CCC(CN)CC1. The number of hydrazine groups is 2. The van der Waals surface area contributed by atoms with E-state index in [2.05, 4.69) is 5.01 Å². The third-order valence-electron chi connectivity index (χ3n) is 2.49. The van der Waals surface area contributed by atoms with Gasteiger partial charge in [-0.2, -0.15) is 0 Å². The standard InChI is InChI=1S/C8H19N5/c9-3-6-13(11)12-4-1-8(7-10)2-5-12/h3,6,8H,1-2,4-5,7,9-11H2/b6-3-. The second-order valence-electron chi connectivity index (χ2n) is 3.35. The summed E-state index contributed by atoms with van der Waals surface area (Å²) in [5.41, 5.74) is 10.8. The van der Waals surface area contributed by atoms with Gasteiger partial charge in [-0.25, -0.2) is 16.0 Å². The molecule has 13 heavy (non-hydrogen) atoms. The Kier molecular flexibility index (Phi) is 4.01. The number of nitrogens with two attached hydrogens (primary N) is 3. The molecule has 0 bridgehead atoms. The second-order valence-corrected chi connectivity index (χ2v) is 3.35. The van der Waals surface area contributed by atoms with Crippen LogP contribution in [0.25, 0.3) is 0 Å². The summed E-state index contributed by atoms with van der Waals surface area (Å²) in [5.74, 6) is 6.37. The highest BCUT2D eigenvalue weighted by atomic mass is 15.7. The van der Waals surface area contributed by atoms with Gasteiger partial charge in [-0.15, -0.1) is 0 Å². The lowest BCUT2D eigenvalue weighted by atomic mass is 9.98. The molecule has 5 nitrogen and oxygen atoms in total. The Morgan fingerprint density at radius 1 is 1.38 bits per heavy atom. The van der Waals surface area contributed by atoms with Crippen LogP contribution in [-0.4, -0.2) is 29.8 Å². The molecular formula is C8H19N5. The van der Waals surface area contributed by atoms with E-state index in [1.54, 1.807) is 11.3 Å². The highest BCUT2D eigenvalue weighted by molar-refractivity contribution is 4.76. The Hall–Kier alpha value is -0.780. The maximum atomic E-state index is 5.71. The molecule has 0 aliphatic carbocycles. The predicted octanol–water partition coefficient (Wildman–Crippen LogP) is -0.822. The molecule has 0 amide bonds. The number of hydrogen-bond acceptors (Lipinski definition) is 5. The minimum absolute atomic E-state index is 0.659. The van der Waals surface area contributed by atoms with Gasteiger partial charge in [-0.1, -0.05) is 0 Å². The molecular weight excluding hydrogens is 166 g/mol. The fourth-order valence-electron chi connectivity index (χ4n) is 1.57. The summed E-state index contributed by atoms with van der Waals surface area (Å²) in [6.45, 7) is 2.70. The van der Waals surface area contributed by atoms with Crippen molar-refractivity contribution < 1.29 is 0 Å². The van der Waals surface area contributed by atoms with E-state index >= 15 is 0 Å². The van der Waals surface area contributed by atoms with E-state index in [-0.39, 0.29) is 0 Å². The number of piperidine rings is 1. The van der Waals surface area contributed by atoms with Crippen molar-refractivity contribution >= 4 is 0 Å². The van der Waals surface area contributed by atoms with E-state index in [0.29, 0.717) is 5.92 Å². The van der Waals surface area contributed by atoms with Crippen LogP contribution in [-0.2, 0) is 0 Å². The number of rotatable bonds is 3. The molecule has 1 aliphatic rings. The molecule has 1 saturated heterocycles. The molecule has 76 valence electrons. The van der Waals surface area contributed by atoms with Gasteiger partial charge >= 0.3 is 0 Å². The van der Waals surface area contributed by atoms with E-state index in [9.17, 15) is 0 Å². The van der Waals surface area contributed by atoms with Crippen LogP contribution in [0.4, 0.5) is 0 Å². The zero-order valence-electron chi connectivity index (χ0n) is 7.89. The summed E-state index contributed by atoms with van der Waals surface area (Å²) < 4.78 is 0. The number of nitrogens with zero attached hydrogens (tertiary/aromatic N) is 2. The quantitative estimate of drug-likeness (QED) is 0.395. The van der Waals surface area contributed by atoms with Gasteiger partial charge in [0, 0.05) is 25.5 Å². The van der Waals surface area contributed by atoms with Crippen molar-refractivity contribution in [3.05, 3.63) is 12.4 Å². The first-order valence-electron chi connectivity index (χ1n) is 4.65. The van der Waals surface area contributed by atoms with Gasteiger partial charge in [-0.05, 0) is 25.3 Å². The first-order valence-corrected chi connectivity index (χ1v) is 4.65. The number of hydrogen-bond donors (Lipinski definition) is 3. The van der Waals surface area contributed by atoms with Crippen molar-refractivity contribution in [1.82, 2.24) is 10.1 Å². The fourth-order valence-corrected chi connectivity index (χ4v) is 1.57. The molecule has 0 radical (unpaired) electrons. The van der Waals surface area contributed by atoms with Crippen molar-refractivity contribution in [2.45, 2.75) is 12.8 Å². The zero-order chi connectivity index (χ0) is 9.68. The lowest BCUT2D eigenvalue weighted by Gasteiger charge is -2.35. The van der Waals surface area contributed by atoms with Gasteiger partial charge in [0.25, 0.3) is 0 Å². The molecule has 1 heterocycles. The largest absolute Gasteiger partial charge is 0.403 e. The molecule has 1 fully saturated rings. The van der Waals surface area contributed by atoms with Crippen LogP contribution in [0.3, 0.4) is 0 Å². The molecule has 5 heteroatoms. The summed E-state index contributed by atoms with van der Waals surface area (Å²) in [6.07, 6.45) is 5.32. The summed E-state index contributed by atoms with van der Waals surface area (Å²) in [4.78, 5) is 0. The van der Waals surface area contributed by atoms with Gasteiger partial charge in [0.05, 0.1) is 0 Å². The molecule has 6 N–H and O–H groups in total. The summed E-state index contributed by atoms with van der Waals surface area (Å²) in [6, 6.07) is 0. The van der Waals surface area contributed by atoms with Crippen LogP contribution >= 0.6 is 0 Å². The van der Waals surface area contributed by atoms with Gasteiger partial charge in [0.1, 0.15) is 0 Å². The summed E-state index contributed by atoms with van der Waals surface area (Å²) in [5, 5.41) is 3.61. The monoisotopic (exact) mass is 185 g/mol. The van der Waals surface area contributed by atoms with E-state index in [1.165, 1.54) is 6.20 Å². The zero-order valence-corrected chi connectivity index (χ0v) is 7.89. The predicted molar refractivity (Wildman–Crippen MR) is 52.7 cm³/mol. The molecule has 0 aromatic rings. The molecule has 0 aromatic carbocycles. The van der Waals surface area contributed by atoms with Crippen LogP contribution in [0, 0.1) is 5.92 Å². The lowest BCUT2D eigenvalue weighted by molar-refractivity contribution is -0.00923. The molecule has 1 aliphatic heterocycles. The fraction of sp³-hybridized carbons (Fsp3) is 0.750. The minimum atomic E-state index is 0.659. The topological polar surface area (TPSA) is 84.5 Å². The van der Waals surface area contributed by atoms with Gasteiger partial charge < -0.3 is 11.5 Å². The molecule has 0 atom stereocenters. The Morgan fingerprint density at radius 2 is 2.00 bits per heavy atom. The van der Waals surface area contributed by atoms with Crippen LogP contribution in [0.2, 0.25) is 0 Å². The van der Waals surface area contributed by atoms with Crippen LogP contribution in [0.1, 0.15) is 12.8 Å². The Bertz CT molecular complexity index is 162. The van der Waals surface area contributed by atoms with E-state index < -0.39 is 0 Å². The minimum Gasteiger partial charge on any atom is -0.403 e. The highest BCUT2D eigenvalue weighted by Crippen LogP contribution is 2.15. The molecule has 0 unspecified atom stereocenters. The van der Waals surface area contributed by atoms with Crippen molar-refractivity contribution in [2.24, 2.45) is 23.2 Å². The molecule has 0 aromatic heterocycles. The molecule has 0 spiro atoms. The normalized spacial score (nSPS) is 21.1. The first kappa shape index (κ1) is 10.3.